The molecule has 46 heavy (non-hydrogen) atoms. The van der Waals surface area contributed by atoms with Gasteiger partial charge in [0.25, 0.3) is 5.91 Å². The van der Waals surface area contributed by atoms with Gasteiger partial charge in [-0.05, 0) is 60.0 Å². The topological polar surface area (TPSA) is 158 Å². The van der Waals surface area contributed by atoms with E-state index in [-0.39, 0.29) is 31.0 Å². The Morgan fingerprint density at radius 1 is 1.13 bits per heavy atom. The lowest BCUT2D eigenvalue weighted by Gasteiger charge is -2.27. The Balaban J connectivity index is 1.47. The molecule has 6 N–H and O–H groups in total. The van der Waals surface area contributed by atoms with Gasteiger partial charge < -0.3 is 36.1 Å². The van der Waals surface area contributed by atoms with Gasteiger partial charge in [0.1, 0.15) is 5.69 Å². The highest BCUT2D eigenvalue weighted by Crippen LogP contribution is 2.34. The molecule has 0 aliphatic carbocycles. The molecule has 13 heteroatoms. The molecule has 1 aliphatic heterocycles. The zero-order valence-corrected chi connectivity index (χ0v) is 26.9. The van der Waals surface area contributed by atoms with Crippen molar-refractivity contribution in [3.05, 3.63) is 87.8 Å². The van der Waals surface area contributed by atoms with E-state index in [9.17, 15) is 14.7 Å². The van der Waals surface area contributed by atoms with Gasteiger partial charge in [-0.25, -0.2) is 9.97 Å². The summed E-state index contributed by atoms with van der Waals surface area (Å²) < 4.78 is 5.51. The van der Waals surface area contributed by atoms with Crippen LogP contribution in [0.25, 0.3) is 22.4 Å². The molecule has 1 fully saturated rings. The number of hydrogen-bond acceptors (Lipinski definition) is 8. The molecule has 11 nitrogen and oxygen atoms in total. The summed E-state index contributed by atoms with van der Waals surface area (Å²) in [6.07, 6.45) is 4.04. The van der Waals surface area contributed by atoms with Crippen LogP contribution in [0, 0.1) is 5.92 Å². The molecule has 2 aromatic heterocycles. The summed E-state index contributed by atoms with van der Waals surface area (Å²) >= 11 is 12.7. The minimum absolute atomic E-state index is 0.183. The third-order valence-electron chi connectivity index (χ3n) is 7.81. The van der Waals surface area contributed by atoms with Crippen molar-refractivity contribution in [1.29, 1.82) is 0 Å². The number of carbonyl (C=O) groups excluding carboxylic acids is 2. The first-order valence-corrected chi connectivity index (χ1v) is 15.8. The smallest absolute Gasteiger partial charge is 0.268 e. The molecule has 242 valence electrons. The lowest BCUT2D eigenvalue weighted by atomic mass is 10.00. The zero-order valence-electron chi connectivity index (χ0n) is 25.4. The number of aromatic nitrogens is 3. The summed E-state index contributed by atoms with van der Waals surface area (Å²) in [7, 11) is 0. The lowest BCUT2D eigenvalue weighted by Crippen LogP contribution is -2.37. The minimum atomic E-state index is -0.536. The number of morpholine rings is 1. The van der Waals surface area contributed by atoms with Gasteiger partial charge in [-0.15, -0.1) is 0 Å². The fourth-order valence-corrected chi connectivity index (χ4v) is 5.53. The van der Waals surface area contributed by atoms with Gasteiger partial charge in [-0.3, -0.25) is 9.59 Å². The van der Waals surface area contributed by atoms with E-state index in [4.69, 9.17) is 38.7 Å². The van der Waals surface area contributed by atoms with Crippen molar-refractivity contribution in [3.8, 4) is 22.4 Å². The van der Waals surface area contributed by atoms with E-state index >= 15 is 0 Å². The summed E-state index contributed by atoms with van der Waals surface area (Å²) in [6.45, 7) is 4.43. The highest BCUT2D eigenvalue weighted by molar-refractivity contribution is 6.31. The predicted octanol–water partition coefficient (Wildman–Crippen LogP) is 4.35. The maximum Gasteiger partial charge on any atom is 0.268 e. The number of hydrogen-bond donors (Lipinski definition) is 5. The normalized spacial score (nSPS) is 14.5. The Hall–Kier alpha value is -4.00. The van der Waals surface area contributed by atoms with Gasteiger partial charge in [0.05, 0.1) is 37.5 Å². The summed E-state index contributed by atoms with van der Waals surface area (Å²) in [5, 5.41) is 16.3. The van der Waals surface area contributed by atoms with E-state index in [1.54, 1.807) is 37.5 Å². The zero-order chi connectivity index (χ0) is 32.6. The van der Waals surface area contributed by atoms with Crippen LogP contribution in [0.5, 0.6) is 0 Å². The van der Waals surface area contributed by atoms with Crippen LogP contribution < -0.4 is 21.3 Å². The molecule has 0 bridgehead atoms. The Morgan fingerprint density at radius 2 is 1.93 bits per heavy atom. The van der Waals surface area contributed by atoms with Crippen molar-refractivity contribution in [3.63, 3.8) is 0 Å². The van der Waals surface area contributed by atoms with Crippen molar-refractivity contribution in [2.24, 2.45) is 11.7 Å². The van der Waals surface area contributed by atoms with Crippen LogP contribution >= 0.6 is 23.2 Å². The first-order valence-electron chi connectivity index (χ1n) is 15.1. The van der Waals surface area contributed by atoms with Gasteiger partial charge in [0.15, 0.2) is 0 Å². The molecule has 2 amide bonds. The number of H-pyrrole nitrogens is 1. The van der Waals surface area contributed by atoms with Crippen molar-refractivity contribution < 1.29 is 19.4 Å². The SMILES string of the molecule is CC(CO)C(=O)NCc1cc(-c2cnc(N3CCOCC3)nc2-c2c[nH]c(C(=O)NC(CCN)c3cccc(Cl)c3)c2)ccc1Cl. The van der Waals surface area contributed by atoms with Crippen LogP contribution in [0.4, 0.5) is 5.95 Å². The second-order valence-electron chi connectivity index (χ2n) is 11.1. The van der Waals surface area contributed by atoms with Crippen molar-refractivity contribution in [1.82, 2.24) is 25.6 Å². The van der Waals surface area contributed by atoms with Gasteiger partial charge in [-0.1, -0.05) is 48.3 Å². The number of rotatable bonds is 12. The number of halogens is 2. The molecule has 1 aliphatic rings. The quantitative estimate of drug-likeness (QED) is 0.149. The van der Waals surface area contributed by atoms with Crippen LogP contribution in [0.15, 0.2) is 60.9 Å². The number of amides is 2. The molecular weight excluding hydrogens is 629 g/mol. The van der Waals surface area contributed by atoms with Crippen LogP contribution in [-0.4, -0.2) is 71.3 Å². The summed E-state index contributed by atoms with van der Waals surface area (Å²) in [5.74, 6) is -0.552. The van der Waals surface area contributed by atoms with Crippen LogP contribution in [-0.2, 0) is 16.1 Å². The van der Waals surface area contributed by atoms with E-state index in [1.807, 2.05) is 30.3 Å². The van der Waals surface area contributed by atoms with Crippen LogP contribution in [0.1, 0.15) is 41.0 Å². The number of nitrogens with zero attached hydrogens (tertiary/aromatic N) is 3. The number of carbonyl (C=O) groups is 2. The Bertz CT molecular complexity index is 1680. The maximum absolute atomic E-state index is 13.4. The first-order chi connectivity index (χ1) is 22.3. The second-order valence-corrected chi connectivity index (χ2v) is 11.9. The van der Waals surface area contributed by atoms with Gasteiger partial charge >= 0.3 is 0 Å². The van der Waals surface area contributed by atoms with Crippen molar-refractivity contribution >= 4 is 41.0 Å². The highest BCUT2D eigenvalue weighted by atomic mass is 35.5. The van der Waals surface area contributed by atoms with Gasteiger partial charge in [-0.2, -0.15) is 0 Å². The van der Waals surface area contributed by atoms with Gasteiger partial charge in [0, 0.05) is 53.2 Å². The van der Waals surface area contributed by atoms with Crippen molar-refractivity contribution in [2.45, 2.75) is 25.9 Å². The number of ether oxygens (including phenoxy) is 1. The fraction of sp³-hybridized carbons (Fsp3) is 0.333. The van der Waals surface area contributed by atoms with Crippen LogP contribution in [0.3, 0.4) is 0 Å². The predicted molar refractivity (Wildman–Crippen MR) is 179 cm³/mol. The molecule has 0 radical (unpaired) electrons. The maximum atomic E-state index is 13.4. The van der Waals surface area contributed by atoms with Crippen molar-refractivity contribution in [2.75, 3.05) is 44.4 Å². The largest absolute Gasteiger partial charge is 0.396 e. The van der Waals surface area contributed by atoms with Gasteiger partial charge in [0.2, 0.25) is 11.9 Å². The molecule has 0 saturated carbocycles. The average molecular weight is 667 g/mol. The Morgan fingerprint density at radius 3 is 2.67 bits per heavy atom. The molecule has 3 heterocycles. The second kappa shape index (κ2) is 15.5. The average Bonchev–Trinajstić information content (AvgIpc) is 3.58. The van der Waals surface area contributed by atoms with E-state index in [1.165, 1.54) is 0 Å². The Labute approximate surface area is 277 Å². The number of nitrogens with two attached hydrogens (primary N) is 1. The standard InChI is InChI=1S/C33H37Cl2N7O4/c1-20(19-43)31(44)38-16-23-13-21(5-6-27(23)35)26-18-39-33(42-9-11-46-12-10-42)41-30(26)24-15-29(37-17-24)32(45)40-28(7-8-36)22-3-2-4-25(34)14-22/h2-6,13-15,17-18,20,28,37,43H,7-12,16,19,36H2,1H3,(H,38,44)(H,40,45). The number of benzene rings is 2. The summed E-state index contributed by atoms with van der Waals surface area (Å²) in [5.41, 5.74) is 10.6. The van der Waals surface area contributed by atoms with E-state index in [0.29, 0.717) is 77.8 Å². The number of aliphatic hydroxyl groups excluding tert-OH is 1. The number of aliphatic hydroxyl groups is 1. The molecule has 4 aromatic rings. The molecule has 0 spiro atoms. The minimum Gasteiger partial charge on any atom is -0.396 e. The third-order valence-corrected chi connectivity index (χ3v) is 8.42. The molecule has 2 atom stereocenters. The molecule has 5 rings (SSSR count). The number of nitrogens with one attached hydrogen (secondary N) is 3. The number of aromatic amines is 1. The van der Waals surface area contributed by atoms with E-state index in [0.717, 1.165) is 16.7 Å². The number of anilines is 1. The monoisotopic (exact) mass is 665 g/mol. The first kappa shape index (κ1) is 33.4. The molecule has 2 aromatic carbocycles. The summed E-state index contributed by atoms with van der Waals surface area (Å²) in [4.78, 5) is 40.6. The van der Waals surface area contributed by atoms with E-state index < -0.39 is 5.92 Å². The molecule has 2 unspecified atom stereocenters. The Kier molecular flexibility index (Phi) is 11.3. The molecule has 1 saturated heterocycles. The lowest BCUT2D eigenvalue weighted by molar-refractivity contribution is -0.125. The van der Waals surface area contributed by atoms with Crippen LogP contribution in [0.2, 0.25) is 10.0 Å². The third kappa shape index (κ3) is 8.04. The highest BCUT2D eigenvalue weighted by Gasteiger charge is 2.22. The summed E-state index contributed by atoms with van der Waals surface area (Å²) in [6, 6.07) is 14.3. The van der Waals surface area contributed by atoms with E-state index in [2.05, 4.69) is 25.5 Å². The fourth-order valence-electron chi connectivity index (χ4n) is 5.15. The molecular formula is C33H37Cl2N7O4.